The van der Waals surface area contributed by atoms with Gasteiger partial charge < -0.3 is 15.2 Å². The van der Waals surface area contributed by atoms with E-state index < -0.39 is 0 Å². The molecule has 0 fully saturated rings. The van der Waals surface area contributed by atoms with Crippen LogP contribution >= 0.6 is 0 Å². The maximum atomic E-state index is 8.66. The standard InChI is InChI=1S/C14H23NO2/c1-3-17-14-7-6-13(10-12(14)2)11-15-8-4-5-9-16/h6-7,10,15-16H,3-5,8-9,11H2,1-2H3. The van der Waals surface area contributed by atoms with Crippen LogP contribution in [0.3, 0.4) is 0 Å². The number of aliphatic hydroxyl groups is 1. The molecule has 2 N–H and O–H groups in total. The van der Waals surface area contributed by atoms with Gasteiger partial charge in [0.1, 0.15) is 5.75 Å². The number of benzene rings is 1. The molecule has 0 spiro atoms. The van der Waals surface area contributed by atoms with E-state index in [1.165, 1.54) is 11.1 Å². The second-order valence-corrected chi connectivity index (χ2v) is 4.14. The largest absolute Gasteiger partial charge is 0.494 e. The predicted molar refractivity (Wildman–Crippen MR) is 70.4 cm³/mol. The number of hydrogen-bond acceptors (Lipinski definition) is 3. The summed E-state index contributed by atoms with van der Waals surface area (Å²) in [5, 5.41) is 12.0. The van der Waals surface area contributed by atoms with E-state index in [9.17, 15) is 0 Å². The summed E-state index contributed by atoms with van der Waals surface area (Å²) in [7, 11) is 0. The molecule has 3 nitrogen and oxygen atoms in total. The lowest BCUT2D eigenvalue weighted by atomic mass is 10.1. The van der Waals surface area contributed by atoms with Crippen molar-refractivity contribution >= 4 is 0 Å². The SMILES string of the molecule is CCOc1ccc(CNCCCCO)cc1C. The summed E-state index contributed by atoms with van der Waals surface area (Å²) >= 11 is 0. The third-order valence-electron chi connectivity index (χ3n) is 2.63. The van der Waals surface area contributed by atoms with Crippen LogP contribution in [0.2, 0.25) is 0 Å². The van der Waals surface area contributed by atoms with Crippen LogP contribution in [-0.2, 0) is 6.54 Å². The summed E-state index contributed by atoms with van der Waals surface area (Å²) in [6, 6.07) is 6.28. The number of aliphatic hydroxyl groups excluding tert-OH is 1. The average Bonchev–Trinajstić information content (AvgIpc) is 2.32. The molecular weight excluding hydrogens is 214 g/mol. The van der Waals surface area contributed by atoms with Crippen LogP contribution in [0.25, 0.3) is 0 Å². The van der Waals surface area contributed by atoms with Crippen molar-refractivity contribution < 1.29 is 9.84 Å². The zero-order valence-corrected chi connectivity index (χ0v) is 10.8. The topological polar surface area (TPSA) is 41.5 Å². The summed E-state index contributed by atoms with van der Waals surface area (Å²) in [5.41, 5.74) is 2.46. The molecule has 0 unspecified atom stereocenters. The third-order valence-corrected chi connectivity index (χ3v) is 2.63. The first kappa shape index (κ1) is 14.0. The molecule has 3 heteroatoms. The quantitative estimate of drug-likeness (QED) is 0.681. The second kappa shape index (κ2) is 8.09. The highest BCUT2D eigenvalue weighted by molar-refractivity contribution is 5.36. The van der Waals surface area contributed by atoms with Gasteiger partial charge in [-0.25, -0.2) is 0 Å². The Kier molecular flexibility index (Phi) is 6.67. The lowest BCUT2D eigenvalue weighted by molar-refractivity contribution is 0.283. The van der Waals surface area contributed by atoms with Crippen LogP contribution in [0.15, 0.2) is 18.2 Å². The Balaban J connectivity index is 2.36. The molecule has 0 saturated heterocycles. The third kappa shape index (κ3) is 5.20. The van der Waals surface area contributed by atoms with Crippen molar-refractivity contribution in [3.05, 3.63) is 29.3 Å². The van der Waals surface area contributed by atoms with Crippen molar-refractivity contribution in [2.75, 3.05) is 19.8 Å². The minimum atomic E-state index is 0.282. The molecule has 0 amide bonds. The normalized spacial score (nSPS) is 10.5. The van der Waals surface area contributed by atoms with E-state index in [2.05, 4.69) is 24.4 Å². The predicted octanol–water partition coefficient (Wildman–Crippen LogP) is 2.26. The van der Waals surface area contributed by atoms with Gasteiger partial charge >= 0.3 is 0 Å². The van der Waals surface area contributed by atoms with E-state index >= 15 is 0 Å². The Hall–Kier alpha value is -1.06. The van der Waals surface area contributed by atoms with Gasteiger partial charge in [0.2, 0.25) is 0 Å². The zero-order valence-electron chi connectivity index (χ0n) is 10.8. The van der Waals surface area contributed by atoms with Gasteiger partial charge in [0.05, 0.1) is 6.61 Å². The van der Waals surface area contributed by atoms with E-state index in [1.807, 2.05) is 13.0 Å². The van der Waals surface area contributed by atoms with Gasteiger partial charge in [-0.15, -0.1) is 0 Å². The number of nitrogens with one attached hydrogen (secondary N) is 1. The molecule has 0 bridgehead atoms. The van der Waals surface area contributed by atoms with Crippen LogP contribution in [0.1, 0.15) is 30.9 Å². The van der Waals surface area contributed by atoms with Gasteiger partial charge in [-0.05, 0) is 50.4 Å². The number of aryl methyl sites for hydroxylation is 1. The summed E-state index contributed by atoms with van der Waals surface area (Å²) in [6.07, 6.45) is 1.89. The average molecular weight is 237 g/mol. The molecule has 1 rings (SSSR count). The monoisotopic (exact) mass is 237 g/mol. The molecule has 0 radical (unpaired) electrons. The van der Waals surface area contributed by atoms with Gasteiger partial charge in [-0.3, -0.25) is 0 Å². The van der Waals surface area contributed by atoms with Crippen molar-refractivity contribution in [1.29, 1.82) is 0 Å². The minimum Gasteiger partial charge on any atom is -0.494 e. The Morgan fingerprint density at radius 1 is 1.29 bits per heavy atom. The molecule has 0 aliphatic carbocycles. The zero-order chi connectivity index (χ0) is 12.5. The van der Waals surface area contributed by atoms with E-state index in [1.54, 1.807) is 0 Å². The van der Waals surface area contributed by atoms with Crippen molar-refractivity contribution in [2.45, 2.75) is 33.2 Å². The number of ether oxygens (including phenoxy) is 1. The van der Waals surface area contributed by atoms with Crippen LogP contribution in [0, 0.1) is 6.92 Å². The van der Waals surface area contributed by atoms with E-state index in [4.69, 9.17) is 9.84 Å². The van der Waals surface area contributed by atoms with Gasteiger partial charge in [0.25, 0.3) is 0 Å². The Morgan fingerprint density at radius 2 is 2.12 bits per heavy atom. The lowest BCUT2D eigenvalue weighted by Crippen LogP contribution is -2.15. The summed E-state index contributed by atoms with van der Waals surface area (Å²) in [4.78, 5) is 0. The lowest BCUT2D eigenvalue weighted by Gasteiger charge is -2.09. The van der Waals surface area contributed by atoms with Crippen molar-refractivity contribution in [1.82, 2.24) is 5.32 Å². The number of rotatable bonds is 8. The smallest absolute Gasteiger partial charge is 0.122 e. The molecule has 0 atom stereocenters. The fourth-order valence-corrected chi connectivity index (χ4v) is 1.73. The molecule has 0 heterocycles. The minimum absolute atomic E-state index is 0.282. The highest BCUT2D eigenvalue weighted by Gasteiger charge is 2.00. The molecule has 0 aromatic heterocycles. The molecule has 0 aliphatic heterocycles. The summed E-state index contributed by atoms with van der Waals surface area (Å²) in [5.74, 6) is 0.969. The molecule has 17 heavy (non-hydrogen) atoms. The number of unbranched alkanes of at least 4 members (excludes halogenated alkanes) is 1. The van der Waals surface area contributed by atoms with Crippen molar-refractivity contribution in [3.63, 3.8) is 0 Å². The van der Waals surface area contributed by atoms with Gasteiger partial charge in [-0.2, -0.15) is 0 Å². The second-order valence-electron chi connectivity index (χ2n) is 4.14. The molecular formula is C14H23NO2. The van der Waals surface area contributed by atoms with Crippen LogP contribution in [0.5, 0.6) is 5.75 Å². The van der Waals surface area contributed by atoms with E-state index in [-0.39, 0.29) is 6.61 Å². The fourth-order valence-electron chi connectivity index (χ4n) is 1.73. The number of hydrogen-bond donors (Lipinski definition) is 2. The molecule has 1 aromatic carbocycles. The highest BCUT2D eigenvalue weighted by atomic mass is 16.5. The Morgan fingerprint density at radius 3 is 2.76 bits per heavy atom. The van der Waals surface area contributed by atoms with Gasteiger partial charge in [-0.1, -0.05) is 12.1 Å². The van der Waals surface area contributed by atoms with Crippen molar-refractivity contribution in [2.24, 2.45) is 0 Å². The molecule has 1 aromatic rings. The van der Waals surface area contributed by atoms with Crippen LogP contribution in [0.4, 0.5) is 0 Å². The Labute approximate surface area is 104 Å². The van der Waals surface area contributed by atoms with E-state index in [0.29, 0.717) is 6.61 Å². The first-order valence-electron chi connectivity index (χ1n) is 6.31. The van der Waals surface area contributed by atoms with E-state index in [0.717, 1.165) is 31.7 Å². The Bertz CT molecular complexity index is 326. The van der Waals surface area contributed by atoms with Crippen LogP contribution in [-0.4, -0.2) is 24.9 Å². The fraction of sp³-hybridized carbons (Fsp3) is 0.571. The first-order valence-corrected chi connectivity index (χ1v) is 6.31. The van der Waals surface area contributed by atoms with Crippen molar-refractivity contribution in [3.8, 4) is 5.75 Å². The summed E-state index contributed by atoms with van der Waals surface area (Å²) < 4.78 is 5.50. The maximum absolute atomic E-state index is 8.66. The molecule has 0 saturated carbocycles. The summed E-state index contributed by atoms with van der Waals surface area (Å²) in [6.45, 7) is 6.88. The molecule has 0 aliphatic rings. The first-order chi connectivity index (χ1) is 8.27. The molecule has 96 valence electrons. The highest BCUT2D eigenvalue weighted by Crippen LogP contribution is 2.18. The van der Waals surface area contributed by atoms with Crippen LogP contribution < -0.4 is 10.1 Å². The maximum Gasteiger partial charge on any atom is 0.122 e. The van der Waals surface area contributed by atoms with Gasteiger partial charge in [0, 0.05) is 13.2 Å². The van der Waals surface area contributed by atoms with Gasteiger partial charge in [0.15, 0.2) is 0 Å².